The quantitative estimate of drug-likeness (QED) is 0.551. The maximum absolute atomic E-state index is 12.6. The summed E-state index contributed by atoms with van der Waals surface area (Å²) >= 11 is 3.31. The molecule has 122 valence electrons. The number of carbonyl (C=O) groups is 3. The summed E-state index contributed by atoms with van der Waals surface area (Å²) in [6.45, 7) is 5.12. The standard InChI is InChI=1S/C16H16BrNO5/c1-16(2,3)23-15(21)18-12-6-5-9(17)7-10(12)11(14(18)20)8-13(19)22-4/h5-8H,1-4H3/b11-8+. The molecule has 0 saturated carbocycles. The Morgan fingerprint density at radius 1 is 1.26 bits per heavy atom. The Kier molecular flexibility index (Phi) is 4.61. The van der Waals surface area contributed by atoms with Crippen molar-refractivity contribution in [1.82, 2.24) is 0 Å². The molecule has 2 rings (SSSR count). The highest BCUT2D eigenvalue weighted by Gasteiger charge is 2.39. The van der Waals surface area contributed by atoms with Gasteiger partial charge < -0.3 is 9.47 Å². The molecule has 2 amide bonds. The van der Waals surface area contributed by atoms with Gasteiger partial charge in [-0.05, 0) is 39.0 Å². The fourth-order valence-corrected chi connectivity index (χ4v) is 2.43. The number of hydrogen-bond donors (Lipinski definition) is 0. The van der Waals surface area contributed by atoms with Crippen LogP contribution in [0.4, 0.5) is 10.5 Å². The number of methoxy groups -OCH3 is 1. The van der Waals surface area contributed by atoms with Crippen molar-refractivity contribution in [1.29, 1.82) is 0 Å². The number of anilines is 1. The van der Waals surface area contributed by atoms with Gasteiger partial charge in [0.05, 0.1) is 18.4 Å². The van der Waals surface area contributed by atoms with E-state index < -0.39 is 23.6 Å². The van der Waals surface area contributed by atoms with Crippen LogP contribution in [0, 0.1) is 0 Å². The highest BCUT2D eigenvalue weighted by Crippen LogP contribution is 2.39. The number of imide groups is 1. The number of benzene rings is 1. The van der Waals surface area contributed by atoms with Crippen molar-refractivity contribution in [3.05, 3.63) is 34.3 Å². The first-order chi connectivity index (χ1) is 10.6. The van der Waals surface area contributed by atoms with E-state index in [9.17, 15) is 14.4 Å². The molecule has 0 saturated heterocycles. The third-order valence-electron chi connectivity index (χ3n) is 2.96. The average Bonchev–Trinajstić information content (AvgIpc) is 2.69. The lowest BCUT2D eigenvalue weighted by atomic mass is 10.1. The van der Waals surface area contributed by atoms with Crippen LogP contribution in [0.3, 0.4) is 0 Å². The molecule has 1 aromatic carbocycles. The lowest BCUT2D eigenvalue weighted by Gasteiger charge is -2.23. The van der Waals surface area contributed by atoms with Crippen LogP contribution in [0.2, 0.25) is 0 Å². The van der Waals surface area contributed by atoms with Crippen molar-refractivity contribution in [2.45, 2.75) is 26.4 Å². The van der Waals surface area contributed by atoms with Crippen molar-refractivity contribution in [3.8, 4) is 0 Å². The van der Waals surface area contributed by atoms with Crippen molar-refractivity contribution >= 4 is 45.2 Å². The van der Waals surface area contributed by atoms with Crippen LogP contribution < -0.4 is 4.90 Å². The smallest absolute Gasteiger partial charge is 0.422 e. The molecule has 0 bridgehead atoms. The van der Waals surface area contributed by atoms with Gasteiger partial charge in [0.15, 0.2) is 0 Å². The first-order valence-corrected chi connectivity index (χ1v) is 7.60. The Hall–Kier alpha value is -2.15. The molecular formula is C16H16BrNO5. The number of hydrogen-bond acceptors (Lipinski definition) is 5. The zero-order valence-electron chi connectivity index (χ0n) is 13.2. The predicted molar refractivity (Wildman–Crippen MR) is 87.9 cm³/mol. The molecule has 0 spiro atoms. The molecule has 1 heterocycles. The number of nitrogens with zero attached hydrogens (tertiary/aromatic N) is 1. The van der Waals surface area contributed by atoms with Gasteiger partial charge in [0.1, 0.15) is 5.60 Å². The molecular weight excluding hydrogens is 366 g/mol. The Labute approximate surface area is 142 Å². The summed E-state index contributed by atoms with van der Waals surface area (Å²) in [6.07, 6.45) is 0.275. The summed E-state index contributed by atoms with van der Waals surface area (Å²) in [5.41, 5.74) is 0.157. The number of ether oxygens (including phenoxy) is 2. The molecule has 0 N–H and O–H groups in total. The number of esters is 1. The van der Waals surface area contributed by atoms with Crippen LogP contribution in [0.25, 0.3) is 5.57 Å². The zero-order chi connectivity index (χ0) is 17.4. The van der Waals surface area contributed by atoms with E-state index in [4.69, 9.17) is 4.74 Å². The summed E-state index contributed by atoms with van der Waals surface area (Å²) in [5.74, 6) is -1.30. The SMILES string of the molecule is COC(=O)/C=C1/C(=O)N(C(=O)OC(C)(C)C)c2ccc(Br)cc21. The molecule has 1 aliphatic rings. The van der Waals surface area contributed by atoms with Crippen LogP contribution >= 0.6 is 15.9 Å². The van der Waals surface area contributed by atoms with Crippen LogP contribution in [-0.2, 0) is 19.1 Å². The minimum absolute atomic E-state index is 0.0824. The van der Waals surface area contributed by atoms with Gasteiger partial charge >= 0.3 is 12.1 Å². The molecule has 0 atom stereocenters. The Morgan fingerprint density at radius 2 is 1.91 bits per heavy atom. The van der Waals surface area contributed by atoms with Crippen molar-refractivity contribution in [2.24, 2.45) is 0 Å². The molecule has 0 aromatic heterocycles. The van der Waals surface area contributed by atoms with Crippen LogP contribution in [0.1, 0.15) is 26.3 Å². The van der Waals surface area contributed by atoms with Gasteiger partial charge in [0.25, 0.3) is 5.91 Å². The zero-order valence-corrected chi connectivity index (χ0v) is 14.8. The van der Waals surface area contributed by atoms with E-state index in [0.29, 0.717) is 15.7 Å². The van der Waals surface area contributed by atoms with Crippen LogP contribution in [0.5, 0.6) is 0 Å². The number of carbonyl (C=O) groups excluding carboxylic acids is 3. The molecule has 6 nitrogen and oxygen atoms in total. The maximum Gasteiger partial charge on any atom is 0.422 e. The third kappa shape index (κ3) is 3.61. The fraction of sp³-hybridized carbons (Fsp3) is 0.312. The predicted octanol–water partition coefficient (Wildman–Crippen LogP) is 3.29. The first-order valence-electron chi connectivity index (χ1n) is 6.81. The summed E-state index contributed by atoms with van der Waals surface area (Å²) in [7, 11) is 1.21. The first kappa shape index (κ1) is 17.2. The number of halogens is 1. The van der Waals surface area contributed by atoms with E-state index in [1.54, 1.807) is 39.0 Å². The van der Waals surface area contributed by atoms with E-state index in [1.807, 2.05) is 0 Å². The van der Waals surface area contributed by atoms with E-state index in [2.05, 4.69) is 20.7 Å². The van der Waals surface area contributed by atoms with E-state index >= 15 is 0 Å². The molecule has 1 aromatic rings. The van der Waals surface area contributed by atoms with Gasteiger partial charge in [-0.3, -0.25) is 4.79 Å². The largest absolute Gasteiger partial charge is 0.466 e. The number of fused-ring (bicyclic) bond motifs is 1. The van der Waals surface area contributed by atoms with Crippen LogP contribution in [-0.4, -0.2) is 30.7 Å². The van der Waals surface area contributed by atoms with Gasteiger partial charge in [-0.15, -0.1) is 0 Å². The summed E-state index contributed by atoms with van der Waals surface area (Å²) in [4.78, 5) is 37.4. The Balaban J connectivity index is 2.52. The van der Waals surface area contributed by atoms with Gasteiger partial charge in [-0.1, -0.05) is 15.9 Å². The number of amides is 2. The van der Waals surface area contributed by atoms with Gasteiger partial charge in [-0.2, -0.15) is 0 Å². The lowest BCUT2D eigenvalue weighted by molar-refractivity contribution is -0.135. The monoisotopic (exact) mass is 381 g/mol. The second kappa shape index (κ2) is 6.16. The van der Waals surface area contributed by atoms with Crippen molar-refractivity contribution < 1.29 is 23.9 Å². The highest BCUT2D eigenvalue weighted by atomic mass is 79.9. The maximum atomic E-state index is 12.6. The molecule has 23 heavy (non-hydrogen) atoms. The highest BCUT2D eigenvalue weighted by molar-refractivity contribution is 9.10. The summed E-state index contributed by atoms with van der Waals surface area (Å²) in [6, 6.07) is 4.97. The normalized spacial score (nSPS) is 15.6. The van der Waals surface area contributed by atoms with E-state index in [-0.39, 0.29) is 5.57 Å². The molecule has 0 radical (unpaired) electrons. The minimum Gasteiger partial charge on any atom is -0.466 e. The second-order valence-electron chi connectivity index (χ2n) is 5.86. The van der Waals surface area contributed by atoms with Crippen molar-refractivity contribution in [3.63, 3.8) is 0 Å². The lowest BCUT2D eigenvalue weighted by Crippen LogP contribution is -2.38. The number of rotatable bonds is 1. The van der Waals surface area contributed by atoms with Crippen molar-refractivity contribution in [2.75, 3.05) is 12.0 Å². The third-order valence-corrected chi connectivity index (χ3v) is 3.46. The molecule has 0 unspecified atom stereocenters. The fourth-order valence-electron chi connectivity index (χ4n) is 2.07. The molecule has 0 fully saturated rings. The van der Waals surface area contributed by atoms with E-state index in [0.717, 1.165) is 11.0 Å². The Morgan fingerprint density at radius 3 is 2.48 bits per heavy atom. The summed E-state index contributed by atoms with van der Waals surface area (Å²) in [5, 5.41) is 0. The second-order valence-corrected chi connectivity index (χ2v) is 6.78. The topological polar surface area (TPSA) is 72.9 Å². The van der Waals surface area contributed by atoms with Gasteiger partial charge in [0.2, 0.25) is 0 Å². The van der Waals surface area contributed by atoms with Gasteiger partial charge in [-0.25, -0.2) is 14.5 Å². The summed E-state index contributed by atoms with van der Waals surface area (Å²) < 4.78 is 10.6. The van der Waals surface area contributed by atoms with Crippen LogP contribution in [0.15, 0.2) is 28.7 Å². The minimum atomic E-state index is -0.792. The average molecular weight is 382 g/mol. The Bertz CT molecular complexity index is 718. The molecule has 1 aliphatic heterocycles. The molecule has 0 aliphatic carbocycles. The van der Waals surface area contributed by atoms with E-state index in [1.165, 1.54) is 7.11 Å². The molecule has 7 heteroatoms. The van der Waals surface area contributed by atoms with Gasteiger partial charge in [0, 0.05) is 16.1 Å².